The molecule has 0 bridgehead atoms. The third kappa shape index (κ3) is 1.09. The van der Waals surface area contributed by atoms with E-state index in [0.29, 0.717) is 5.41 Å². The predicted molar refractivity (Wildman–Crippen MR) is 64.0 cm³/mol. The minimum absolute atomic E-state index is 0.425. The highest BCUT2D eigenvalue weighted by Crippen LogP contribution is 2.53. The van der Waals surface area contributed by atoms with Gasteiger partial charge in [0.25, 0.3) is 0 Å². The highest BCUT2D eigenvalue weighted by molar-refractivity contribution is 5.76. The van der Waals surface area contributed by atoms with Crippen LogP contribution in [0.4, 0.5) is 0 Å². The first-order valence-corrected chi connectivity index (χ1v) is 6.23. The van der Waals surface area contributed by atoms with Crippen LogP contribution in [0.2, 0.25) is 0 Å². The molecule has 1 heterocycles. The van der Waals surface area contributed by atoms with Crippen molar-refractivity contribution in [3.05, 3.63) is 29.1 Å². The fourth-order valence-electron chi connectivity index (χ4n) is 3.07. The molecule has 0 aromatic carbocycles. The van der Waals surface area contributed by atoms with Crippen LogP contribution >= 0.6 is 0 Å². The lowest BCUT2D eigenvalue weighted by atomic mass is 9.68. The number of hydrogen-bond donors (Lipinski definition) is 1. The zero-order valence-corrected chi connectivity index (χ0v) is 9.69. The maximum absolute atomic E-state index is 3.65. The van der Waals surface area contributed by atoms with E-state index < -0.39 is 0 Å². The Bertz CT molecular complexity index is 419. The molecule has 3 rings (SSSR count). The van der Waals surface area contributed by atoms with Gasteiger partial charge in [0.05, 0.1) is 0 Å². The first-order chi connectivity index (χ1) is 7.29. The largest absolute Gasteiger partial charge is 0.361 e. The van der Waals surface area contributed by atoms with E-state index in [0.717, 1.165) is 6.42 Å². The van der Waals surface area contributed by atoms with Crippen LogP contribution in [0.15, 0.2) is 12.1 Å². The lowest BCUT2D eigenvalue weighted by Crippen LogP contribution is -2.30. The summed E-state index contributed by atoms with van der Waals surface area (Å²) in [6.07, 6.45) is 8.95. The number of fused-ring (bicyclic) bond motifs is 2. The smallest absolute Gasteiger partial charge is 0.0327 e. The van der Waals surface area contributed by atoms with Crippen molar-refractivity contribution in [2.45, 2.75) is 51.4 Å². The molecule has 15 heavy (non-hydrogen) atoms. The van der Waals surface area contributed by atoms with Crippen LogP contribution in [0.1, 0.15) is 56.5 Å². The molecule has 0 amide bonds. The summed E-state index contributed by atoms with van der Waals surface area (Å²) in [5.74, 6) is 0. The van der Waals surface area contributed by atoms with Gasteiger partial charge in [0.2, 0.25) is 0 Å². The van der Waals surface area contributed by atoms with Gasteiger partial charge in [-0.1, -0.05) is 26.3 Å². The third-order valence-corrected chi connectivity index (χ3v) is 4.18. The van der Waals surface area contributed by atoms with Gasteiger partial charge >= 0.3 is 0 Å². The highest BCUT2D eigenvalue weighted by Gasteiger charge is 2.43. The van der Waals surface area contributed by atoms with Gasteiger partial charge in [-0.05, 0) is 42.9 Å². The Morgan fingerprint density at radius 1 is 1.27 bits per heavy atom. The monoisotopic (exact) mass is 201 g/mol. The lowest BCUT2D eigenvalue weighted by molar-refractivity contribution is 0.311. The highest BCUT2D eigenvalue weighted by atomic mass is 14.8. The van der Waals surface area contributed by atoms with Crippen molar-refractivity contribution < 1.29 is 0 Å². The molecule has 0 aliphatic heterocycles. The van der Waals surface area contributed by atoms with Crippen molar-refractivity contribution in [1.29, 1.82) is 0 Å². The number of nitrogens with one attached hydrogen (secondary N) is 1. The molecule has 2 aliphatic rings. The van der Waals surface area contributed by atoms with Crippen LogP contribution in [-0.2, 0) is 11.8 Å². The Kier molecular flexibility index (Phi) is 1.86. The average Bonchev–Trinajstić information content (AvgIpc) is 2.71. The fourth-order valence-corrected chi connectivity index (χ4v) is 3.07. The standard InChI is InChI=1S/C14H19N/c1-3-10-9-14(6-5-7-14)13-12(10)8-11(4-2)15-13/h8-9,15H,3-7H2,1-2H3. The normalized spacial score (nSPS) is 21.3. The second kappa shape index (κ2) is 3.01. The number of H-pyrrole nitrogens is 1. The summed E-state index contributed by atoms with van der Waals surface area (Å²) in [4.78, 5) is 3.65. The summed E-state index contributed by atoms with van der Waals surface area (Å²) >= 11 is 0. The Morgan fingerprint density at radius 2 is 2.07 bits per heavy atom. The van der Waals surface area contributed by atoms with E-state index in [-0.39, 0.29) is 0 Å². The van der Waals surface area contributed by atoms with Crippen LogP contribution in [0.25, 0.3) is 5.57 Å². The summed E-state index contributed by atoms with van der Waals surface area (Å²) in [6, 6.07) is 2.37. The maximum Gasteiger partial charge on any atom is 0.0327 e. The fraction of sp³-hybridized carbons (Fsp3) is 0.571. The number of rotatable bonds is 2. The quantitative estimate of drug-likeness (QED) is 0.749. The Balaban J connectivity index is 2.11. The first-order valence-electron chi connectivity index (χ1n) is 6.23. The Morgan fingerprint density at radius 3 is 2.60 bits per heavy atom. The van der Waals surface area contributed by atoms with Crippen molar-refractivity contribution in [3.8, 4) is 0 Å². The summed E-state index contributed by atoms with van der Waals surface area (Å²) in [5.41, 5.74) is 6.45. The maximum atomic E-state index is 3.65. The van der Waals surface area contributed by atoms with E-state index in [1.165, 1.54) is 42.6 Å². The molecule has 0 radical (unpaired) electrons. The summed E-state index contributed by atoms with van der Waals surface area (Å²) in [7, 11) is 0. The molecule has 1 N–H and O–H groups in total. The molecule has 1 fully saturated rings. The Hall–Kier alpha value is -0.980. The van der Waals surface area contributed by atoms with E-state index in [4.69, 9.17) is 0 Å². The van der Waals surface area contributed by atoms with Crippen LogP contribution in [0, 0.1) is 0 Å². The van der Waals surface area contributed by atoms with Crippen molar-refractivity contribution in [2.75, 3.05) is 0 Å². The van der Waals surface area contributed by atoms with Crippen LogP contribution in [0.3, 0.4) is 0 Å². The van der Waals surface area contributed by atoms with Gasteiger partial charge in [-0.15, -0.1) is 0 Å². The third-order valence-electron chi connectivity index (χ3n) is 4.18. The predicted octanol–water partition coefficient (Wildman–Crippen LogP) is 3.81. The number of allylic oxidation sites excluding steroid dienone is 2. The molecule has 2 aliphatic carbocycles. The molecule has 1 saturated carbocycles. The van der Waals surface area contributed by atoms with Gasteiger partial charge < -0.3 is 4.98 Å². The van der Waals surface area contributed by atoms with Gasteiger partial charge in [-0.25, -0.2) is 0 Å². The number of aromatic nitrogens is 1. The van der Waals surface area contributed by atoms with Crippen molar-refractivity contribution in [1.82, 2.24) is 4.98 Å². The first kappa shape index (κ1) is 9.26. The number of aryl methyl sites for hydroxylation is 1. The van der Waals surface area contributed by atoms with E-state index in [1.54, 1.807) is 5.57 Å². The second-order valence-electron chi connectivity index (χ2n) is 4.97. The van der Waals surface area contributed by atoms with E-state index >= 15 is 0 Å². The van der Waals surface area contributed by atoms with Gasteiger partial charge in [0.15, 0.2) is 0 Å². The zero-order chi connectivity index (χ0) is 10.5. The molecule has 1 heteroatoms. The number of aromatic amines is 1. The summed E-state index contributed by atoms with van der Waals surface area (Å²) < 4.78 is 0. The van der Waals surface area contributed by atoms with Crippen LogP contribution in [0.5, 0.6) is 0 Å². The molecule has 1 aromatic rings. The lowest BCUT2D eigenvalue weighted by Gasteiger charge is -2.36. The molecule has 0 saturated heterocycles. The van der Waals surface area contributed by atoms with E-state index in [1.807, 2.05) is 0 Å². The van der Waals surface area contributed by atoms with Crippen molar-refractivity contribution in [2.24, 2.45) is 0 Å². The van der Waals surface area contributed by atoms with E-state index in [9.17, 15) is 0 Å². The molecule has 1 spiro atoms. The van der Waals surface area contributed by atoms with Gasteiger partial charge in [0.1, 0.15) is 0 Å². The molecular formula is C14H19N. The minimum atomic E-state index is 0.425. The summed E-state index contributed by atoms with van der Waals surface area (Å²) in [6.45, 7) is 4.50. The molecule has 0 atom stereocenters. The zero-order valence-electron chi connectivity index (χ0n) is 9.69. The van der Waals surface area contributed by atoms with Crippen LogP contribution in [-0.4, -0.2) is 4.98 Å². The molecule has 0 unspecified atom stereocenters. The van der Waals surface area contributed by atoms with Gasteiger partial charge in [0, 0.05) is 16.8 Å². The molecule has 1 nitrogen and oxygen atoms in total. The van der Waals surface area contributed by atoms with Crippen molar-refractivity contribution >= 4 is 5.57 Å². The molecule has 80 valence electrons. The summed E-state index contributed by atoms with van der Waals surface area (Å²) in [5, 5.41) is 0. The topological polar surface area (TPSA) is 15.8 Å². The van der Waals surface area contributed by atoms with Gasteiger partial charge in [-0.2, -0.15) is 0 Å². The second-order valence-corrected chi connectivity index (χ2v) is 4.97. The van der Waals surface area contributed by atoms with Crippen molar-refractivity contribution in [3.63, 3.8) is 0 Å². The van der Waals surface area contributed by atoms with Crippen LogP contribution < -0.4 is 0 Å². The molecular weight excluding hydrogens is 182 g/mol. The van der Waals surface area contributed by atoms with E-state index in [2.05, 4.69) is 31.0 Å². The Labute approximate surface area is 91.6 Å². The number of hydrogen-bond acceptors (Lipinski definition) is 0. The minimum Gasteiger partial charge on any atom is -0.361 e. The average molecular weight is 201 g/mol. The molecule has 1 aromatic heterocycles. The SMILES string of the molecule is CCC1=CC2(CCC2)c2[nH]c(CC)cc21. The van der Waals surface area contributed by atoms with Gasteiger partial charge in [-0.3, -0.25) is 0 Å².